The van der Waals surface area contributed by atoms with Crippen LogP contribution >= 0.6 is 0 Å². The van der Waals surface area contributed by atoms with Gasteiger partial charge in [-0.05, 0) is 49.7 Å². The minimum Gasteiger partial charge on any atom is -0.465 e. The lowest BCUT2D eigenvalue weighted by molar-refractivity contribution is 0.0600. The Balaban J connectivity index is 1.91. The lowest BCUT2D eigenvalue weighted by atomic mass is 10.0. The minimum absolute atomic E-state index is 0.351. The number of methoxy groups -OCH3 is 1. The van der Waals surface area contributed by atoms with Crippen LogP contribution in [0.15, 0.2) is 48.5 Å². The van der Waals surface area contributed by atoms with Crippen LogP contribution in [0.1, 0.15) is 32.0 Å². The number of para-hydroxylation sites is 1. The third-order valence-electron chi connectivity index (χ3n) is 4.02. The van der Waals surface area contributed by atoms with Gasteiger partial charge in [-0.15, -0.1) is 0 Å². The number of pyridine rings is 1. The van der Waals surface area contributed by atoms with Crippen molar-refractivity contribution in [1.82, 2.24) is 4.98 Å². The summed E-state index contributed by atoms with van der Waals surface area (Å²) in [4.78, 5) is 28.6. The van der Waals surface area contributed by atoms with E-state index in [0.29, 0.717) is 22.6 Å². The van der Waals surface area contributed by atoms with Crippen LogP contribution < -0.4 is 4.74 Å². The Morgan fingerprint density at radius 3 is 2.28 bits per heavy atom. The van der Waals surface area contributed by atoms with Crippen molar-refractivity contribution in [3.63, 3.8) is 0 Å². The van der Waals surface area contributed by atoms with Crippen LogP contribution in [-0.2, 0) is 4.74 Å². The number of carbonyl (C=O) groups is 2. The highest BCUT2D eigenvalue weighted by Gasteiger charge is 2.18. The fourth-order valence-corrected chi connectivity index (χ4v) is 2.77. The van der Waals surface area contributed by atoms with Gasteiger partial charge in [0.25, 0.3) is 0 Å². The Hall–Kier alpha value is -3.21. The van der Waals surface area contributed by atoms with Crippen LogP contribution in [0.3, 0.4) is 0 Å². The monoisotopic (exact) mass is 335 g/mol. The van der Waals surface area contributed by atoms with Crippen LogP contribution in [0, 0.1) is 13.8 Å². The molecule has 0 bridgehead atoms. The minimum atomic E-state index is -0.473. The largest absolute Gasteiger partial charge is 0.465 e. The van der Waals surface area contributed by atoms with Crippen molar-refractivity contribution in [3.05, 3.63) is 70.9 Å². The van der Waals surface area contributed by atoms with Crippen molar-refractivity contribution in [3.8, 4) is 5.75 Å². The number of ether oxygens (including phenoxy) is 2. The molecule has 0 aliphatic carbocycles. The Kier molecular flexibility index (Phi) is 4.48. The molecular weight excluding hydrogens is 318 g/mol. The van der Waals surface area contributed by atoms with E-state index in [4.69, 9.17) is 4.74 Å². The van der Waals surface area contributed by atoms with Crippen LogP contribution in [0.5, 0.6) is 5.75 Å². The van der Waals surface area contributed by atoms with Crippen LogP contribution in [0.4, 0.5) is 0 Å². The molecule has 0 aliphatic rings. The molecule has 0 N–H and O–H groups in total. The number of nitrogens with zero attached hydrogens (tertiary/aromatic N) is 1. The number of aromatic nitrogens is 1. The van der Waals surface area contributed by atoms with E-state index in [-0.39, 0.29) is 0 Å². The number of carbonyl (C=O) groups excluding carboxylic acids is 2. The summed E-state index contributed by atoms with van der Waals surface area (Å²) in [5, 5.41) is 0.918. The Morgan fingerprint density at radius 1 is 0.920 bits per heavy atom. The predicted molar refractivity (Wildman–Crippen MR) is 94.0 cm³/mol. The first kappa shape index (κ1) is 16.6. The molecule has 0 radical (unpaired) electrons. The van der Waals surface area contributed by atoms with Gasteiger partial charge in [-0.3, -0.25) is 4.98 Å². The molecule has 0 amide bonds. The maximum absolute atomic E-state index is 12.6. The molecule has 0 aliphatic heterocycles. The summed E-state index contributed by atoms with van der Waals surface area (Å²) in [6.45, 7) is 3.67. The van der Waals surface area contributed by atoms with E-state index in [2.05, 4.69) is 9.72 Å². The van der Waals surface area contributed by atoms with E-state index in [1.165, 1.54) is 7.11 Å². The van der Waals surface area contributed by atoms with Gasteiger partial charge in [0.1, 0.15) is 5.75 Å². The standard InChI is InChI=1S/C20H17NO4/c1-12-16-6-4-5-7-17(16)21-13(2)18(12)20(23)25-15-10-8-14(9-11-15)19(22)24-3/h4-11H,1-3H3. The van der Waals surface area contributed by atoms with Gasteiger partial charge >= 0.3 is 11.9 Å². The Bertz CT molecular complexity index is 961. The van der Waals surface area contributed by atoms with E-state index in [0.717, 1.165) is 16.5 Å². The third kappa shape index (κ3) is 3.21. The lowest BCUT2D eigenvalue weighted by Crippen LogP contribution is -2.14. The van der Waals surface area contributed by atoms with Crippen LogP contribution in [0.2, 0.25) is 0 Å². The second-order valence-corrected chi connectivity index (χ2v) is 5.62. The topological polar surface area (TPSA) is 65.5 Å². The number of benzene rings is 2. The quantitative estimate of drug-likeness (QED) is 0.537. The van der Waals surface area contributed by atoms with E-state index in [1.807, 2.05) is 31.2 Å². The molecule has 1 heterocycles. The summed E-state index contributed by atoms with van der Waals surface area (Å²) in [6, 6.07) is 13.9. The van der Waals surface area contributed by atoms with Gasteiger partial charge in [-0.25, -0.2) is 9.59 Å². The van der Waals surface area contributed by atoms with Crippen molar-refractivity contribution in [2.75, 3.05) is 7.11 Å². The molecule has 1 aromatic heterocycles. The van der Waals surface area contributed by atoms with Crippen molar-refractivity contribution >= 4 is 22.8 Å². The van der Waals surface area contributed by atoms with Gasteiger partial charge in [0.05, 0.1) is 29.4 Å². The molecule has 0 unspecified atom stereocenters. The molecule has 0 spiro atoms. The molecule has 0 atom stereocenters. The average Bonchev–Trinajstić information content (AvgIpc) is 2.61. The lowest BCUT2D eigenvalue weighted by Gasteiger charge is -2.12. The molecule has 3 aromatic rings. The molecule has 5 nitrogen and oxygen atoms in total. The van der Waals surface area contributed by atoms with E-state index in [1.54, 1.807) is 31.2 Å². The van der Waals surface area contributed by atoms with Crippen molar-refractivity contribution in [2.24, 2.45) is 0 Å². The van der Waals surface area contributed by atoms with Gasteiger partial charge in [-0.1, -0.05) is 18.2 Å². The highest BCUT2D eigenvalue weighted by molar-refractivity contribution is 5.99. The number of fused-ring (bicyclic) bond motifs is 1. The second-order valence-electron chi connectivity index (χ2n) is 5.62. The molecule has 5 heteroatoms. The smallest absolute Gasteiger partial charge is 0.345 e. The van der Waals surface area contributed by atoms with E-state index >= 15 is 0 Å². The normalized spacial score (nSPS) is 10.5. The fourth-order valence-electron chi connectivity index (χ4n) is 2.77. The van der Waals surface area contributed by atoms with Crippen molar-refractivity contribution in [2.45, 2.75) is 13.8 Å². The molecule has 25 heavy (non-hydrogen) atoms. The van der Waals surface area contributed by atoms with E-state index < -0.39 is 11.9 Å². The number of aryl methyl sites for hydroxylation is 2. The zero-order valence-corrected chi connectivity index (χ0v) is 14.2. The fraction of sp³-hybridized carbons (Fsp3) is 0.150. The Labute approximate surface area is 145 Å². The first-order valence-corrected chi connectivity index (χ1v) is 7.77. The number of esters is 2. The molecular formula is C20H17NO4. The highest BCUT2D eigenvalue weighted by atomic mass is 16.5. The molecule has 0 saturated carbocycles. The predicted octanol–water partition coefficient (Wildman–Crippen LogP) is 3.86. The van der Waals surface area contributed by atoms with Gasteiger partial charge < -0.3 is 9.47 Å². The molecule has 3 rings (SSSR count). The number of rotatable bonds is 3. The summed E-state index contributed by atoms with van der Waals surface area (Å²) in [5.74, 6) is -0.563. The van der Waals surface area contributed by atoms with Gasteiger partial charge in [-0.2, -0.15) is 0 Å². The number of hydrogen-bond donors (Lipinski definition) is 0. The first-order valence-electron chi connectivity index (χ1n) is 7.77. The molecule has 0 saturated heterocycles. The van der Waals surface area contributed by atoms with Gasteiger partial charge in [0.15, 0.2) is 0 Å². The summed E-state index contributed by atoms with van der Waals surface area (Å²) in [6.07, 6.45) is 0. The average molecular weight is 335 g/mol. The zero-order chi connectivity index (χ0) is 18.0. The van der Waals surface area contributed by atoms with Gasteiger partial charge in [0.2, 0.25) is 0 Å². The van der Waals surface area contributed by atoms with Crippen molar-refractivity contribution < 1.29 is 19.1 Å². The first-order chi connectivity index (χ1) is 12.0. The summed E-state index contributed by atoms with van der Waals surface area (Å²) < 4.78 is 10.1. The Morgan fingerprint density at radius 2 is 1.60 bits per heavy atom. The zero-order valence-electron chi connectivity index (χ0n) is 14.2. The van der Waals surface area contributed by atoms with Gasteiger partial charge in [0, 0.05) is 5.39 Å². The summed E-state index contributed by atoms with van der Waals surface area (Å²) in [7, 11) is 1.31. The molecule has 2 aromatic carbocycles. The SMILES string of the molecule is COC(=O)c1ccc(OC(=O)c2c(C)nc3ccccc3c2C)cc1. The summed E-state index contributed by atoms with van der Waals surface area (Å²) >= 11 is 0. The maximum atomic E-state index is 12.6. The number of hydrogen-bond acceptors (Lipinski definition) is 5. The van der Waals surface area contributed by atoms with E-state index in [9.17, 15) is 9.59 Å². The molecule has 0 fully saturated rings. The maximum Gasteiger partial charge on any atom is 0.345 e. The summed E-state index contributed by atoms with van der Waals surface area (Å²) in [5.41, 5.74) is 3.14. The van der Waals surface area contributed by atoms with Crippen molar-refractivity contribution in [1.29, 1.82) is 0 Å². The third-order valence-corrected chi connectivity index (χ3v) is 4.02. The molecule has 126 valence electrons. The van der Waals surface area contributed by atoms with Crippen LogP contribution in [0.25, 0.3) is 10.9 Å². The highest BCUT2D eigenvalue weighted by Crippen LogP contribution is 2.24. The van der Waals surface area contributed by atoms with Crippen LogP contribution in [-0.4, -0.2) is 24.0 Å². The second kappa shape index (κ2) is 6.73.